The zero-order valence-electron chi connectivity index (χ0n) is 8.27. The van der Waals surface area contributed by atoms with Crippen molar-refractivity contribution in [2.75, 3.05) is 7.11 Å². The summed E-state index contributed by atoms with van der Waals surface area (Å²) in [5.74, 6) is 0.170. The van der Waals surface area contributed by atoms with Gasteiger partial charge in [-0.3, -0.25) is 0 Å². The maximum absolute atomic E-state index is 11.1. The molecule has 0 amide bonds. The van der Waals surface area contributed by atoms with Gasteiger partial charge in [0.15, 0.2) is 0 Å². The van der Waals surface area contributed by atoms with Gasteiger partial charge in [-0.1, -0.05) is 0 Å². The Kier molecular flexibility index (Phi) is 3.26. The van der Waals surface area contributed by atoms with Crippen molar-refractivity contribution in [3.05, 3.63) is 23.8 Å². The molecular formula is C9H12ClN3O2. The van der Waals surface area contributed by atoms with E-state index in [-0.39, 0.29) is 17.9 Å². The first-order valence-corrected chi connectivity index (χ1v) is 4.35. The summed E-state index contributed by atoms with van der Waals surface area (Å²) in [7, 11) is 1.32. The van der Waals surface area contributed by atoms with Crippen molar-refractivity contribution < 1.29 is 9.53 Å². The van der Waals surface area contributed by atoms with Crippen molar-refractivity contribution >= 4 is 18.4 Å². The average Bonchev–Trinajstić information content (AvgIpc) is 2.97. The Hall–Kier alpha value is -1.20. The first kappa shape index (κ1) is 11.9. The van der Waals surface area contributed by atoms with Crippen LogP contribution in [0.3, 0.4) is 0 Å². The number of esters is 1. The minimum Gasteiger partial charge on any atom is -0.465 e. The molecule has 2 rings (SSSR count). The summed E-state index contributed by atoms with van der Waals surface area (Å²) < 4.78 is 4.53. The van der Waals surface area contributed by atoms with Crippen molar-refractivity contribution in [1.82, 2.24) is 9.97 Å². The topological polar surface area (TPSA) is 78.1 Å². The van der Waals surface area contributed by atoms with Gasteiger partial charge < -0.3 is 10.5 Å². The fraction of sp³-hybridized carbons (Fsp3) is 0.444. The molecular weight excluding hydrogens is 218 g/mol. The smallest absolute Gasteiger partial charge is 0.341 e. The predicted octanol–water partition coefficient (Wildman–Crippen LogP) is 0.633. The molecule has 6 heteroatoms. The Balaban J connectivity index is 0.00000112. The van der Waals surface area contributed by atoms with Crippen LogP contribution in [0.15, 0.2) is 12.4 Å². The lowest BCUT2D eigenvalue weighted by atomic mass is 10.2. The van der Waals surface area contributed by atoms with Gasteiger partial charge in [-0.15, -0.1) is 12.4 Å². The predicted molar refractivity (Wildman–Crippen MR) is 55.7 cm³/mol. The maximum Gasteiger partial charge on any atom is 0.341 e. The maximum atomic E-state index is 11.1. The van der Waals surface area contributed by atoms with Crippen molar-refractivity contribution in [2.45, 2.75) is 18.4 Å². The quantitative estimate of drug-likeness (QED) is 0.753. The Morgan fingerprint density at radius 1 is 1.47 bits per heavy atom. The summed E-state index contributed by atoms with van der Waals surface area (Å²) in [5.41, 5.74) is 5.88. The first-order valence-electron chi connectivity index (χ1n) is 4.35. The summed E-state index contributed by atoms with van der Waals surface area (Å²) in [6.45, 7) is 0. The van der Waals surface area contributed by atoms with Crippen LogP contribution >= 0.6 is 12.4 Å². The lowest BCUT2D eigenvalue weighted by molar-refractivity contribution is 0.0599. The van der Waals surface area contributed by atoms with Crippen molar-refractivity contribution in [3.8, 4) is 0 Å². The lowest BCUT2D eigenvalue weighted by Gasteiger charge is -2.06. The molecule has 0 spiro atoms. The Labute approximate surface area is 93.5 Å². The molecule has 1 saturated carbocycles. The number of nitrogens with two attached hydrogens (primary N) is 1. The first-order chi connectivity index (χ1) is 6.65. The number of aromatic nitrogens is 2. The minimum absolute atomic E-state index is 0. The molecule has 82 valence electrons. The van der Waals surface area contributed by atoms with Crippen molar-refractivity contribution in [2.24, 2.45) is 5.73 Å². The third kappa shape index (κ3) is 2.24. The van der Waals surface area contributed by atoms with E-state index in [0.717, 1.165) is 12.8 Å². The molecule has 0 aliphatic heterocycles. The van der Waals surface area contributed by atoms with Crippen LogP contribution in [0.25, 0.3) is 0 Å². The monoisotopic (exact) mass is 229 g/mol. The van der Waals surface area contributed by atoms with E-state index in [2.05, 4.69) is 14.7 Å². The lowest BCUT2D eigenvalue weighted by Crippen LogP contribution is -2.22. The molecule has 2 N–H and O–H groups in total. The standard InChI is InChI=1S/C9H11N3O2.ClH/c1-14-7(13)6-4-11-8(12-5-6)9(10)2-3-9;/h4-5H,2-3,10H2,1H3;1H. The molecule has 1 aromatic rings. The molecule has 1 aliphatic rings. The van der Waals surface area contributed by atoms with Crippen LogP contribution in [0, 0.1) is 0 Å². The molecule has 1 aromatic heterocycles. The second kappa shape index (κ2) is 4.12. The van der Waals surface area contributed by atoms with Gasteiger partial charge in [0.25, 0.3) is 0 Å². The molecule has 0 bridgehead atoms. The van der Waals surface area contributed by atoms with E-state index >= 15 is 0 Å². The number of carbonyl (C=O) groups is 1. The third-order valence-electron chi connectivity index (χ3n) is 2.31. The van der Waals surface area contributed by atoms with Crippen LogP contribution < -0.4 is 5.73 Å². The van der Waals surface area contributed by atoms with Gasteiger partial charge >= 0.3 is 5.97 Å². The number of hydrogen-bond donors (Lipinski definition) is 1. The molecule has 0 aromatic carbocycles. The number of nitrogens with zero attached hydrogens (tertiary/aromatic N) is 2. The summed E-state index contributed by atoms with van der Waals surface area (Å²) in [4.78, 5) is 19.1. The minimum atomic E-state index is -0.432. The van der Waals surface area contributed by atoms with Crippen LogP contribution in [0.4, 0.5) is 0 Å². The van der Waals surface area contributed by atoms with E-state index in [1.54, 1.807) is 0 Å². The number of halogens is 1. The van der Waals surface area contributed by atoms with Crippen molar-refractivity contribution in [1.29, 1.82) is 0 Å². The van der Waals surface area contributed by atoms with Gasteiger partial charge in [-0.25, -0.2) is 14.8 Å². The van der Waals surface area contributed by atoms with E-state index in [9.17, 15) is 4.79 Å². The highest BCUT2D eigenvalue weighted by molar-refractivity contribution is 5.88. The van der Waals surface area contributed by atoms with Crippen LogP contribution in [0.5, 0.6) is 0 Å². The molecule has 1 fully saturated rings. The van der Waals surface area contributed by atoms with Gasteiger partial charge in [0.1, 0.15) is 5.82 Å². The second-order valence-corrected chi connectivity index (χ2v) is 3.44. The largest absolute Gasteiger partial charge is 0.465 e. The highest BCUT2D eigenvalue weighted by atomic mass is 35.5. The fourth-order valence-electron chi connectivity index (χ4n) is 1.17. The molecule has 0 saturated heterocycles. The summed E-state index contributed by atoms with van der Waals surface area (Å²) >= 11 is 0. The summed E-state index contributed by atoms with van der Waals surface area (Å²) in [5, 5.41) is 0. The number of hydrogen-bond acceptors (Lipinski definition) is 5. The van der Waals surface area contributed by atoms with Crippen LogP contribution in [0.2, 0.25) is 0 Å². The zero-order chi connectivity index (χ0) is 10.2. The van der Waals surface area contributed by atoms with E-state index in [0.29, 0.717) is 11.4 Å². The van der Waals surface area contributed by atoms with Gasteiger partial charge in [0.2, 0.25) is 0 Å². The van der Waals surface area contributed by atoms with Crippen LogP contribution in [-0.2, 0) is 10.3 Å². The number of methoxy groups -OCH3 is 1. The highest BCUT2D eigenvalue weighted by Crippen LogP contribution is 2.40. The van der Waals surface area contributed by atoms with Gasteiger partial charge in [-0.2, -0.15) is 0 Å². The molecule has 0 radical (unpaired) electrons. The normalized spacial score (nSPS) is 16.4. The van der Waals surface area contributed by atoms with E-state index in [4.69, 9.17) is 5.73 Å². The van der Waals surface area contributed by atoms with Crippen molar-refractivity contribution in [3.63, 3.8) is 0 Å². The molecule has 0 atom stereocenters. The Morgan fingerprint density at radius 3 is 2.40 bits per heavy atom. The Morgan fingerprint density at radius 2 is 2.00 bits per heavy atom. The summed E-state index contributed by atoms with van der Waals surface area (Å²) in [6.07, 6.45) is 4.71. The van der Waals surface area contributed by atoms with Crippen LogP contribution in [-0.4, -0.2) is 23.0 Å². The van der Waals surface area contributed by atoms with Crippen LogP contribution in [0.1, 0.15) is 29.0 Å². The van der Waals surface area contributed by atoms with E-state index < -0.39 is 5.97 Å². The SMILES string of the molecule is COC(=O)c1cnc(C2(N)CC2)nc1.Cl. The van der Waals surface area contributed by atoms with Gasteiger partial charge in [0.05, 0.1) is 18.2 Å². The molecule has 0 unspecified atom stereocenters. The number of rotatable bonds is 2. The molecule has 15 heavy (non-hydrogen) atoms. The zero-order valence-corrected chi connectivity index (χ0v) is 9.08. The summed E-state index contributed by atoms with van der Waals surface area (Å²) in [6, 6.07) is 0. The average molecular weight is 230 g/mol. The van der Waals surface area contributed by atoms with E-state index in [1.165, 1.54) is 19.5 Å². The van der Waals surface area contributed by atoms with Gasteiger partial charge in [0, 0.05) is 12.4 Å². The molecule has 1 aliphatic carbocycles. The second-order valence-electron chi connectivity index (χ2n) is 3.44. The number of carbonyl (C=O) groups excluding carboxylic acids is 1. The highest BCUT2D eigenvalue weighted by Gasteiger charge is 2.42. The number of ether oxygens (including phenoxy) is 1. The van der Waals surface area contributed by atoms with E-state index in [1.807, 2.05) is 0 Å². The van der Waals surface area contributed by atoms with Gasteiger partial charge in [-0.05, 0) is 12.8 Å². The fourth-order valence-corrected chi connectivity index (χ4v) is 1.17. The molecule has 1 heterocycles. The Bertz CT molecular complexity index is 362. The third-order valence-corrected chi connectivity index (χ3v) is 2.31. The molecule has 5 nitrogen and oxygen atoms in total.